The zero-order valence-electron chi connectivity index (χ0n) is 7.59. The van der Waals surface area contributed by atoms with Crippen molar-refractivity contribution in [1.82, 2.24) is 0 Å². The predicted molar refractivity (Wildman–Crippen MR) is 55.2 cm³/mol. The third kappa shape index (κ3) is 2.18. The van der Waals surface area contributed by atoms with Crippen LogP contribution in [0.1, 0.15) is 19.8 Å². The molecule has 1 aliphatic carbocycles. The van der Waals surface area contributed by atoms with Crippen LogP contribution in [0.2, 0.25) is 0 Å². The van der Waals surface area contributed by atoms with Crippen LogP contribution in [0, 0.1) is 5.92 Å². The molecule has 0 fully saturated rings. The summed E-state index contributed by atoms with van der Waals surface area (Å²) >= 11 is 5.09. The summed E-state index contributed by atoms with van der Waals surface area (Å²) in [5.74, 6) is 0.363. The summed E-state index contributed by atoms with van der Waals surface area (Å²) in [5.41, 5.74) is 2.50. The van der Waals surface area contributed by atoms with Crippen LogP contribution in [0.3, 0.4) is 0 Å². The molecule has 12 heavy (non-hydrogen) atoms. The Morgan fingerprint density at radius 3 is 2.83 bits per heavy atom. The molecule has 0 amide bonds. The Hall–Kier alpha value is -0.630. The van der Waals surface area contributed by atoms with E-state index in [1.54, 1.807) is 7.11 Å². The molecule has 0 aromatic rings. The van der Waals surface area contributed by atoms with Crippen LogP contribution >= 0.6 is 12.2 Å². The Morgan fingerprint density at radius 1 is 1.67 bits per heavy atom. The minimum Gasteiger partial charge on any atom is -0.490 e. The summed E-state index contributed by atoms with van der Waals surface area (Å²) < 4.78 is 5.05. The first kappa shape index (κ1) is 9.46. The average molecular weight is 182 g/mol. The highest BCUT2D eigenvalue weighted by Crippen LogP contribution is 2.27. The molecular weight excluding hydrogens is 168 g/mol. The smallest absolute Gasteiger partial charge is 0.162 e. The van der Waals surface area contributed by atoms with Gasteiger partial charge in [-0.3, -0.25) is 0 Å². The summed E-state index contributed by atoms with van der Waals surface area (Å²) in [6.45, 7) is 6.05. The number of thiocarbonyl (C=S) groups is 1. The standard InChI is InChI=1S/C10H14OS/c1-7-4-8(2)6-9(5-7)10(12)11-3/h4,9H,1,5-6H2,2-3H3. The third-order valence-electron chi connectivity index (χ3n) is 2.06. The summed E-state index contributed by atoms with van der Waals surface area (Å²) in [4.78, 5) is 0. The maximum atomic E-state index is 5.09. The topological polar surface area (TPSA) is 9.23 Å². The van der Waals surface area contributed by atoms with Crippen molar-refractivity contribution in [2.75, 3.05) is 7.11 Å². The Morgan fingerprint density at radius 2 is 2.33 bits per heavy atom. The summed E-state index contributed by atoms with van der Waals surface area (Å²) in [7, 11) is 1.64. The van der Waals surface area contributed by atoms with Crippen LogP contribution in [0.4, 0.5) is 0 Å². The minimum absolute atomic E-state index is 0.363. The van der Waals surface area contributed by atoms with E-state index in [4.69, 9.17) is 17.0 Å². The Balaban J connectivity index is 2.67. The number of ether oxygens (including phenoxy) is 1. The van der Waals surface area contributed by atoms with Gasteiger partial charge >= 0.3 is 0 Å². The van der Waals surface area contributed by atoms with E-state index in [0.29, 0.717) is 11.0 Å². The van der Waals surface area contributed by atoms with E-state index in [0.717, 1.165) is 18.4 Å². The lowest BCUT2D eigenvalue weighted by Crippen LogP contribution is -2.17. The van der Waals surface area contributed by atoms with Gasteiger partial charge in [-0.15, -0.1) is 0 Å². The van der Waals surface area contributed by atoms with E-state index in [1.807, 2.05) is 0 Å². The molecule has 1 aliphatic rings. The van der Waals surface area contributed by atoms with Crippen molar-refractivity contribution < 1.29 is 4.74 Å². The highest BCUT2D eigenvalue weighted by atomic mass is 32.1. The second-order valence-corrected chi connectivity index (χ2v) is 3.68. The number of hydrogen-bond acceptors (Lipinski definition) is 2. The molecular formula is C10H14OS. The first-order valence-electron chi connectivity index (χ1n) is 4.06. The van der Waals surface area contributed by atoms with Crippen LogP contribution in [0.5, 0.6) is 0 Å². The van der Waals surface area contributed by atoms with Gasteiger partial charge in [0.2, 0.25) is 0 Å². The summed E-state index contributed by atoms with van der Waals surface area (Å²) in [5, 5.41) is 0.712. The largest absolute Gasteiger partial charge is 0.490 e. The molecule has 0 aliphatic heterocycles. The second-order valence-electron chi connectivity index (χ2n) is 3.28. The van der Waals surface area contributed by atoms with Crippen molar-refractivity contribution in [2.45, 2.75) is 19.8 Å². The van der Waals surface area contributed by atoms with Gasteiger partial charge in [-0.25, -0.2) is 0 Å². The van der Waals surface area contributed by atoms with Crippen molar-refractivity contribution in [1.29, 1.82) is 0 Å². The molecule has 1 nitrogen and oxygen atoms in total. The maximum Gasteiger partial charge on any atom is 0.162 e. The lowest BCUT2D eigenvalue weighted by molar-refractivity contribution is 0.374. The SMILES string of the molecule is C=C1C=C(C)CC(C(=S)OC)C1. The fourth-order valence-electron chi connectivity index (χ4n) is 1.58. The molecule has 2 heteroatoms. The zero-order valence-corrected chi connectivity index (χ0v) is 8.41. The summed E-state index contributed by atoms with van der Waals surface area (Å²) in [6, 6.07) is 0. The molecule has 0 aromatic carbocycles. The molecule has 0 heterocycles. The van der Waals surface area contributed by atoms with Gasteiger partial charge in [0.25, 0.3) is 0 Å². The van der Waals surface area contributed by atoms with Gasteiger partial charge in [0.15, 0.2) is 5.05 Å². The normalized spacial score (nSPS) is 23.3. The molecule has 0 aromatic heterocycles. The molecule has 0 bridgehead atoms. The van der Waals surface area contributed by atoms with Crippen molar-refractivity contribution in [3.05, 3.63) is 23.8 Å². The summed E-state index contributed by atoms with van der Waals surface area (Å²) in [6.07, 6.45) is 4.10. The molecule has 0 radical (unpaired) electrons. The van der Waals surface area contributed by atoms with Gasteiger partial charge in [-0.05, 0) is 32.0 Å². The highest BCUT2D eigenvalue weighted by molar-refractivity contribution is 7.80. The number of rotatable bonds is 1. The van der Waals surface area contributed by atoms with E-state index in [-0.39, 0.29) is 0 Å². The number of methoxy groups -OCH3 is 1. The third-order valence-corrected chi connectivity index (χ3v) is 2.56. The highest BCUT2D eigenvalue weighted by Gasteiger charge is 2.19. The Kier molecular flexibility index (Phi) is 3.04. The quantitative estimate of drug-likeness (QED) is 0.577. The molecule has 0 saturated carbocycles. The van der Waals surface area contributed by atoms with Gasteiger partial charge in [-0.1, -0.05) is 23.8 Å². The van der Waals surface area contributed by atoms with Gasteiger partial charge in [0.05, 0.1) is 7.11 Å². The molecule has 1 atom stereocenters. The number of allylic oxidation sites excluding steroid dienone is 3. The number of hydrogen-bond donors (Lipinski definition) is 0. The monoisotopic (exact) mass is 182 g/mol. The maximum absolute atomic E-state index is 5.09. The molecule has 0 N–H and O–H groups in total. The van der Waals surface area contributed by atoms with Crippen molar-refractivity contribution in [2.24, 2.45) is 5.92 Å². The molecule has 1 unspecified atom stereocenters. The lowest BCUT2D eigenvalue weighted by atomic mass is 9.87. The first-order chi connectivity index (χ1) is 5.63. The van der Waals surface area contributed by atoms with Gasteiger partial charge in [0, 0.05) is 5.92 Å². The van der Waals surface area contributed by atoms with Crippen molar-refractivity contribution in [3.8, 4) is 0 Å². The van der Waals surface area contributed by atoms with Crippen molar-refractivity contribution in [3.63, 3.8) is 0 Å². The molecule has 1 rings (SSSR count). The molecule has 0 spiro atoms. The van der Waals surface area contributed by atoms with E-state index in [1.165, 1.54) is 5.57 Å². The van der Waals surface area contributed by atoms with Gasteiger partial charge in [0.1, 0.15) is 0 Å². The Labute approximate surface area is 79.1 Å². The van der Waals surface area contributed by atoms with Crippen LogP contribution in [-0.2, 0) is 4.74 Å². The zero-order chi connectivity index (χ0) is 9.14. The van der Waals surface area contributed by atoms with E-state index < -0.39 is 0 Å². The predicted octanol–water partition coefficient (Wildman–Crippen LogP) is 2.87. The van der Waals surface area contributed by atoms with Crippen LogP contribution in [-0.4, -0.2) is 12.2 Å². The van der Waals surface area contributed by atoms with Crippen LogP contribution < -0.4 is 0 Å². The van der Waals surface area contributed by atoms with E-state index in [2.05, 4.69) is 19.6 Å². The van der Waals surface area contributed by atoms with Crippen LogP contribution in [0.15, 0.2) is 23.8 Å². The lowest BCUT2D eigenvalue weighted by Gasteiger charge is -2.22. The fourth-order valence-corrected chi connectivity index (χ4v) is 1.74. The molecule has 0 saturated heterocycles. The average Bonchev–Trinajstić information content (AvgIpc) is 2.01. The van der Waals surface area contributed by atoms with E-state index >= 15 is 0 Å². The van der Waals surface area contributed by atoms with Crippen molar-refractivity contribution >= 4 is 17.3 Å². The second kappa shape index (κ2) is 3.85. The minimum atomic E-state index is 0.363. The fraction of sp³-hybridized carbons (Fsp3) is 0.500. The van der Waals surface area contributed by atoms with Crippen LogP contribution in [0.25, 0.3) is 0 Å². The Bertz CT molecular complexity index is 240. The molecule has 66 valence electrons. The van der Waals surface area contributed by atoms with Gasteiger partial charge in [-0.2, -0.15) is 0 Å². The first-order valence-corrected chi connectivity index (χ1v) is 4.47. The van der Waals surface area contributed by atoms with Gasteiger partial charge < -0.3 is 4.74 Å². The van der Waals surface area contributed by atoms with E-state index in [9.17, 15) is 0 Å².